The van der Waals surface area contributed by atoms with E-state index in [1.807, 2.05) is 0 Å². The van der Waals surface area contributed by atoms with Crippen LogP contribution in [0.1, 0.15) is 36.7 Å². The van der Waals surface area contributed by atoms with Gasteiger partial charge >= 0.3 is 5.97 Å². The lowest BCUT2D eigenvalue weighted by Gasteiger charge is -2.14. The lowest BCUT2D eigenvalue weighted by atomic mass is 10.0. The van der Waals surface area contributed by atoms with Gasteiger partial charge in [-0.2, -0.15) is 10.1 Å². The summed E-state index contributed by atoms with van der Waals surface area (Å²) in [6.45, 7) is 1.87. The van der Waals surface area contributed by atoms with Crippen molar-refractivity contribution < 1.29 is 31.5 Å². The predicted octanol–water partition coefficient (Wildman–Crippen LogP) is 7.32. The van der Waals surface area contributed by atoms with Crippen LogP contribution in [0.25, 0.3) is 23.0 Å². The Labute approximate surface area is 223 Å². The van der Waals surface area contributed by atoms with Gasteiger partial charge in [0.15, 0.2) is 5.82 Å². The molecule has 0 unspecified atom stereocenters. The molecule has 202 valence electrons. The molecule has 0 amide bonds. The summed E-state index contributed by atoms with van der Waals surface area (Å²) in [5.41, 5.74) is -0.233. The summed E-state index contributed by atoms with van der Waals surface area (Å²) in [7, 11) is 0. The molecule has 1 N–H and O–H groups in total. The number of rotatable bonds is 9. The third-order valence-electron chi connectivity index (χ3n) is 5.24. The number of aromatic nitrogens is 4. The van der Waals surface area contributed by atoms with Gasteiger partial charge in [-0.25, -0.2) is 36.4 Å². The summed E-state index contributed by atoms with van der Waals surface area (Å²) >= 11 is 5.82. The molecule has 0 saturated carbocycles. The predicted molar refractivity (Wildman–Crippen MR) is 135 cm³/mol. The zero-order valence-electron chi connectivity index (χ0n) is 20.1. The SMILES string of the molecule is CCOC(=O)C=Cc1cccc(-c2cnc(Nc3ccc(F)c(Cl)c3)nc2-n2nc(C(F)F)cc2C(F)F)c1. The highest BCUT2D eigenvalue weighted by Gasteiger charge is 2.25. The van der Waals surface area contributed by atoms with Crippen molar-refractivity contribution in [1.82, 2.24) is 19.7 Å². The van der Waals surface area contributed by atoms with Gasteiger partial charge in [-0.05, 0) is 54.5 Å². The monoisotopic (exact) mass is 563 g/mol. The number of hydrogen-bond donors (Lipinski definition) is 1. The first-order chi connectivity index (χ1) is 18.7. The van der Waals surface area contributed by atoms with Crippen LogP contribution < -0.4 is 5.32 Å². The number of anilines is 2. The van der Waals surface area contributed by atoms with Gasteiger partial charge in [-0.3, -0.25) is 0 Å². The molecule has 0 atom stereocenters. The number of alkyl halides is 4. The Balaban J connectivity index is 1.84. The van der Waals surface area contributed by atoms with Crippen LogP contribution in [0, 0.1) is 5.82 Å². The molecule has 4 rings (SSSR count). The van der Waals surface area contributed by atoms with Gasteiger partial charge in [0.05, 0.1) is 11.6 Å². The number of nitrogens with one attached hydrogen (secondary N) is 1. The van der Waals surface area contributed by atoms with Gasteiger partial charge in [0.1, 0.15) is 17.2 Å². The van der Waals surface area contributed by atoms with Gasteiger partial charge in [0.2, 0.25) is 5.95 Å². The molecule has 0 aliphatic heterocycles. The van der Waals surface area contributed by atoms with Crippen molar-refractivity contribution >= 4 is 35.3 Å². The van der Waals surface area contributed by atoms with Crippen molar-refractivity contribution in [2.75, 3.05) is 11.9 Å². The molecular weight excluding hydrogens is 545 g/mol. The summed E-state index contributed by atoms with van der Waals surface area (Å²) in [6, 6.07) is 10.9. The van der Waals surface area contributed by atoms with Gasteiger partial charge in [0.25, 0.3) is 12.9 Å². The Morgan fingerprint density at radius 1 is 1.13 bits per heavy atom. The lowest BCUT2D eigenvalue weighted by molar-refractivity contribution is -0.137. The van der Waals surface area contributed by atoms with E-state index in [1.165, 1.54) is 30.5 Å². The van der Waals surface area contributed by atoms with Crippen LogP contribution in [0.4, 0.5) is 33.6 Å². The highest BCUT2D eigenvalue weighted by atomic mass is 35.5. The number of nitrogens with zero attached hydrogens (tertiary/aromatic N) is 4. The molecule has 0 spiro atoms. The van der Waals surface area contributed by atoms with Crippen LogP contribution in [0.5, 0.6) is 0 Å². The number of hydrogen-bond acceptors (Lipinski definition) is 6. The molecular formula is C26H19ClF5N5O2. The lowest BCUT2D eigenvalue weighted by Crippen LogP contribution is -2.10. The van der Waals surface area contributed by atoms with Crippen LogP contribution in [0.15, 0.2) is 60.8 Å². The van der Waals surface area contributed by atoms with Gasteiger partial charge in [0, 0.05) is 23.5 Å². The van der Waals surface area contributed by atoms with E-state index >= 15 is 0 Å². The maximum absolute atomic E-state index is 13.9. The number of carbonyl (C=O) groups excluding carboxylic acids is 1. The van der Waals surface area contributed by atoms with Gasteiger partial charge < -0.3 is 10.1 Å². The van der Waals surface area contributed by atoms with Crippen LogP contribution >= 0.6 is 11.6 Å². The van der Waals surface area contributed by atoms with Gasteiger partial charge in [-0.15, -0.1) is 0 Å². The third kappa shape index (κ3) is 6.58. The average molecular weight is 564 g/mol. The molecule has 2 aromatic carbocycles. The van der Waals surface area contributed by atoms with E-state index in [0.717, 1.165) is 6.07 Å². The van der Waals surface area contributed by atoms with E-state index in [-0.39, 0.29) is 34.6 Å². The fourth-order valence-electron chi connectivity index (χ4n) is 3.51. The zero-order valence-corrected chi connectivity index (χ0v) is 20.8. The van der Waals surface area contributed by atoms with Crippen molar-refractivity contribution in [3.63, 3.8) is 0 Å². The molecule has 0 radical (unpaired) electrons. The molecule has 2 heterocycles. The molecule has 13 heteroatoms. The van der Waals surface area contributed by atoms with Crippen LogP contribution in [-0.4, -0.2) is 32.3 Å². The molecule has 0 saturated heterocycles. The molecule has 0 aliphatic rings. The van der Waals surface area contributed by atoms with E-state index in [4.69, 9.17) is 16.3 Å². The van der Waals surface area contributed by atoms with Crippen molar-refractivity contribution in [3.05, 3.63) is 88.6 Å². The normalized spacial score (nSPS) is 11.5. The number of esters is 1. The maximum atomic E-state index is 13.9. The zero-order chi connectivity index (χ0) is 28.1. The van der Waals surface area contributed by atoms with E-state index in [0.29, 0.717) is 21.9 Å². The molecule has 0 bridgehead atoms. The van der Waals surface area contributed by atoms with Crippen molar-refractivity contribution in [1.29, 1.82) is 0 Å². The first-order valence-corrected chi connectivity index (χ1v) is 11.7. The fourth-order valence-corrected chi connectivity index (χ4v) is 3.69. The largest absolute Gasteiger partial charge is 0.463 e. The average Bonchev–Trinajstić information content (AvgIpc) is 3.36. The second-order valence-corrected chi connectivity index (χ2v) is 8.31. The van der Waals surface area contributed by atoms with Crippen molar-refractivity contribution in [3.8, 4) is 16.9 Å². The van der Waals surface area contributed by atoms with E-state index in [1.54, 1.807) is 31.2 Å². The Kier molecular flexibility index (Phi) is 8.55. The Morgan fingerprint density at radius 2 is 1.92 bits per heavy atom. The molecule has 0 aliphatic carbocycles. The number of ether oxygens (including phenoxy) is 1. The fraction of sp³-hybridized carbons (Fsp3) is 0.154. The Morgan fingerprint density at radius 3 is 2.62 bits per heavy atom. The van der Waals surface area contributed by atoms with E-state index in [2.05, 4.69) is 20.4 Å². The second-order valence-electron chi connectivity index (χ2n) is 7.90. The second kappa shape index (κ2) is 12.0. The highest BCUT2D eigenvalue weighted by molar-refractivity contribution is 6.31. The quantitative estimate of drug-likeness (QED) is 0.131. The van der Waals surface area contributed by atoms with Crippen LogP contribution in [-0.2, 0) is 9.53 Å². The molecule has 7 nitrogen and oxygen atoms in total. The van der Waals surface area contributed by atoms with E-state index in [9.17, 15) is 26.7 Å². The molecule has 0 fully saturated rings. The molecule has 4 aromatic rings. The van der Waals surface area contributed by atoms with Crippen LogP contribution in [0.3, 0.4) is 0 Å². The first kappa shape index (κ1) is 27.7. The maximum Gasteiger partial charge on any atom is 0.330 e. The minimum absolute atomic E-state index is 0.121. The standard InChI is InChI=1S/C26H19ClF5N5O2/c1-2-39-22(38)9-6-14-4-3-5-15(10-14)17-13-33-26(34-16-7-8-19(28)18(27)11-16)35-25(17)37-21(24(31)32)12-20(36-37)23(29)30/h3-13,23-24H,2H2,1H3,(H,33,34,35). The summed E-state index contributed by atoms with van der Waals surface area (Å²) < 4.78 is 73.6. The van der Waals surface area contributed by atoms with E-state index < -0.39 is 36.0 Å². The summed E-state index contributed by atoms with van der Waals surface area (Å²) in [6.07, 6.45) is -2.26. The number of halogens is 6. The summed E-state index contributed by atoms with van der Waals surface area (Å²) in [4.78, 5) is 20.2. The Hall–Kier alpha value is -4.32. The highest BCUT2D eigenvalue weighted by Crippen LogP contribution is 2.33. The summed E-state index contributed by atoms with van der Waals surface area (Å²) in [5, 5.41) is 6.29. The number of carbonyl (C=O) groups is 1. The third-order valence-corrected chi connectivity index (χ3v) is 5.53. The minimum atomic E-state index is -3.15. The van der Waals surface area contributed by atoms with Crippen molar-refractivity contribution in [2.45, 2.75) is 19.8 Å². The smallest absolute Gasteiger partial charge is 0.330 e. The van der Waals surface area contributed by atoms with Crippen LogP contribution in [0.2, 0.25) is 5.02 Å². The summed E-state index contributed by atoms with van der Waals surface area (Å²) in [5.74, 6) is -1.56. The molecule has 39 heavy (non-hydrogen) atoms. The number of benzene rings is 2. The van der Waals surface area contributed by atoms with Gasteiger partial charge in [-0.1, -0.05) is 29.8 Å². The first-order valence-electron chi connectivity index (χ1n) is 11.4. The minimum Gasteiger partial charge on any atom is -0.463 e. The Bertz CT molecular complexity index is 1530. The topological polar surface area (TPSA) is 81.9 Å². The van der Waals surface area contributed by atoms with Crippen molar-refractivity contribution in [2.24, 2.45) is 0 Å². The molecule has 2 aromatic heterocycles.